The van der Waals surface area contributed by atoms with E-state index in [1.165, 1.54) is 0 Å². The lowest BCUT2D eigenvalue weighted by Gasteiger charge is -2.19. The van der Waals surface area contributed by atoms with E-state index >= 15 is 0 Å². The van der Waals surface area contributed by atoms with Gasteiger partial charge < -0.3 is 14.4 Å². The molecule has 0 radical (unpaired) electrons. The van der Waals surface area contributed by atoms with Gasteiger partial charge in [-0.25, -0.2) is 0 Å². The normalized spacial score (nSPS) is 10.8. The molecule has 0 saturated heterocycles. The lowest BCUT2D eigenvalue weighted by atomic mass is 9.96. The zero-order valence-electron chi connectivity index (χ0n) is 21.2. The van der Waals surface area contributed by atoms with Gasteiger partial charge in [0.1, 0.15) is 24.7 Å². The molecule has 5 nitrogen and oxygen atoms in total. The van der Waals surface area contributed by atoms with Crippen LogP contribution >= 0.6 is 15.9 Å². The van der Waals surface area contributed by atoms with Crippen molar-refractivity contribution in [2.45, 2.75) is 13.2 Å². The third-order valence-electron chi connectivity index (χ3n) is 6.19. The van der Waals surface area contributed by atoms with Gasteiger partial charge in [0, 0.05) is 35.7 Å². The molecular formula is C32H27BrN2O3. The lowest BCUT2D eigenvalue weighted by molar-refractivity contribution is 0.0823. The Morgan fingerprint density at radius 2 is 1.45 bits per heavy atom. The van der Waals surface area contributed by atoms with Gasteiger partial charge in [-0.05, 0) is 62.8 Å². The molecule has 0 aliphatic rings. The van der Waals surface area contributed by atoms with Crippen LogP contribution in [0.3, 0.4) is 0 Å². The van der Waals surface area contributed by atoms with Crippen molar-refractivity contribution in [2.24, 2.45) is 0 Å². The number of hydrogen-bond donors (Lipinski definition) is 0. The van der Waals surface area contributed by atoms with Crippen molar-refractivity contribution in [2.75, 3.05) is 14.1 Å². The van der Waals surface area contributed by atoms with E-state index in [-0.39, 0.29) is 5.91 Å². The number of aromatic nitrogens is 1. The maximum Gasteiger partial charge on any atom is 0.257 e. The van der Waals surface area contributed by atoms with Crippen LogP contribution in [0.2, 0.25) is 0 Å². The average molecular weight is 567 g/mol. The number of fused-ring (bicyclic) bond motifs is 1. The number of hydrogen-bond acceptors (Lipinski definition) is 4. The number of halogens is 1. The van der Waals surface area contributed by atoms with Gasteiger partial charge >= 0.3 is 0 Å². The molecule has 4 aromatic carbocycles. The third-order valence-corrected chi connectivity index (χ3v) is 6.66. The van der Waals surface area contributed by atoms with Gasteiger partial charge in [0.05, 0.1) is 11.3 Å². The number of pyridine rings is 1. The van der Waals surface area contributed by atoms with E-state index < -0.39 is 0 Å². The second-order valence-corrected chi connectivity index (χ2v) is 10.0. The summed E-state index contributed by atoms with van der Waals surface area (Å²) in [4.78, 5) is 19.4. The number of carbonyl (C=O) groups is 1. The molecular weight excluding hydrogens is 540 g/mol. The van der Waals surface area contributed by atoms with Crippen molar-refractivity contribution >= 4 is 32.6 Å². The smallest absolute Gasteiger partial charge is 0.257 e. The van der Waals surface area contributed by atoms with Crippen molar-refractivity contribution in [3.05, 3.63) is 124 Å². The molecule has 0 spiro atoms. The Balaban J connectivity index is 1.44. The van der Waals surface area contributed by atoms with E-state index in [1.807, 2.05) is 97.1 Å². The molecule has 0 bridgehead atoms. The van der Waals surface area contributed by atoms with Crippen LogP contribution in [0.4, 0.5) is 0 Å². The van der Waals surface area contributed by atoms with E-state index in [4.69, 9.17) is 9.47 Å². The summed E-state index contributed by atoms with van der Waals surface area (Å²) in [6, 6.07) is 31.6. The Morgan fingerprint density at radius 3 is 2.13 bits per heavy atom. The van der Waals surface area contributed by atoms with Crippen molar-refractivity contribution in [1.82, 2.24) is 9.88 Å². The first kappa shape index (κ1) is 25.5. The fraction of sp³-hybridized carbons (Fsp3) is 0.125. The first-order valence-electron chi connectivity index (χ1n) is 12.3. The minimum atomic E-state index is -0.131. The highest BCUT2D eigenvalue weighted by atomic mass is 79.9. The first-order valence-corrected chi connectivity index (χ1v) is 13.1. The summed E-state index contributed by atoms with van der Waals surface area (Å²) in [5.74, 6) is 1.22. The zero-order valence-corrected chi connectivity index (χ0v) is 22.8. The van der Waals surface area contributed by atoms with Crippen molar-refractivity contribution in [3.63, 3.8) is 0 Å². The molecule has 0 N–H and O–H groups in total. The Kier molecular flexibility index (Phi) is 7.70. The van der Waals surface area contributed by atoms with Gasteiger partial charge in [-0.1, -0.05) is 66.7 Å². The highest BCUT2D eigenvalue weighted by molar-refractivity contribution is 9.10. The predicted molar refractivity (Wildman–Crippen MR) is 154 cm³/mol. The third kappa shape index (κ3) is 5.71. The van der Waals surface area contributed by atoms with E-state index in [0.29, 0.717) is 24.5 Å². The summed E-state index contributed by atoms with van der Waals surface area (Å²) in [5.41, 5.74) is 4.26. The van der Waals surface area contributed by atoms with Crippen LogP contribution in [-0.4, -0.2) is 29.9 Å². The van der Waals surface area contributed by atoms with Gasteiger partial charge in [-0.2, -0.15) is 0 Å². The van der Waals surface area contributed by atoms with Gasteiger partial charge in [0.15, 0.2) is 0 Å². The first-order chi connectivity index (χ1) is 18.5. The number of nitrogens with zero attached hydrogens (tertiary/aromatic N) is 2. The number of benzene rings is 4. The number of carbonyl (C=O) groups excluding carboxylic acids is 1. The number of rotatable bonds is 8. The molecule has 1 heterocycles. The molecule has 38 heavy (non-hydrogen) atoms. The van der Waals surface area contributed by atoms with Gasteiger partial charge in [-0.15, -0.1) is 0 Å². The van der Waals surface area contributed by atoms with E-state index in [9.17, 15) is 4.79 Å². The molecule has 190 valence electrons. The maximum absolute atomic E-state index is 13.3. The molecule has 0 fully saturated rings. The van der Waals surface area contributed by atoms with E-state index in [0.717, 1.165) is 43.4 Å². The highest BCUT2D eigenvalue weighted by Crippen LogP contribution is 2.38. The standard InChI is InChI=1S/C32H27BrN2O3/c1-35(2)32(36)29-18-28(30-17-14-24(33)19-34-30)26-10-6-7-11-27(26)31(29)38-21-23-12-15-25(16-13-23)37-20-22-8-4-3-5-9-22/h3-19H,20-21H2,1-2H3. The fourth-order valence-electron chi connectivity index (χ4n) is 4.23. The topological polar surface area (TPSA) is 51.7 Å². The Labute approximate surface area is 230 Å². The van der Waals surface area contributed by atoms with Crippen LogP contribution in [0.1, 0.15) is 21.5 Å². The zero-order chi connectivity index (χ0) is 26.5. The quantitative estimate of drug-likeness (QED) is 0.195. The second kappa shape index (κ2) is 11.5. The van der Waals surface area contributed by atoms with Crippen molar-refractivity contribution in [3.8, 4) is 22.8 Å². The predicted octanol–water partition coefficient (Wildman–Crippen LogP) is 7.52. The second-order valence-electron chi connectivity index (χ2n) is 9.11. The number of ether oxygens (including phenoxy) is 2. The van der Waals surface area contributed by atoms with E-state index in [1.54, 1.807) is 25.2 Å². The molecule has 5 aromatic rings. The fourth-order valence-corrected chi connectivity index (χ4v) is 4.46. The SMILES string of the molecule is CN(C)C(=O)c1cc(-c2ccc(Br)cn2)c2ccccc2c1OCc1ccc(OCc2ccccc2)cc1. The van der Waals surface area contributed by atoms with Crippen LogP contribution < -0.4 is 9.47 Å². The largest absolute Gasteiger partial charge is 0.489 e. The van der Waals surface area contributed by atoms with Crippen LogP contribution in [0.5, 0.6) is 11.5 Å². The van der Waals surface area contributed by atoms with Crippen LogP contribution in [-0.2, 0) is 13.2 Å². The summed E-state index contributed by atoms with van der Waals surface area (Å²) in [6.45, 7) is 0.824. The number of amides is 1. The molecule has 0 unspecified atom stereocenters. The molecule has 6 heteroatoms. The van der Waals surface area contributed by atoms with Crippen molar-refractivity contribution < 1.29 is 14.3 Å². The minimum absolute atomic E-state index is 0.131. The Bertz CT molecular complexity index is 1550. The van der Waals surface area contributed by atoms with Crippen molar-refractivity contribution in [1.29, 1.82) is 0 Å². The lowest BCUT2D eigenvalue weighted by Crippen LogP contribution is -2.22. The monoisotopic (exact) mass is 566 g/mol. The van der Waals surface area contributed by atoms with Crippen LogP contribution in [0.15, 0.2) is 108 Å². The summed E-state index contributed by atoms with van der Waals surface area (Å²) in [5, 5.41) is 1.83. The molecule has 1 amide bonds. The molecule has 0 aliphatic carbocycles. The average Bonchev–Trinajstić information content (AvgIpc) is 2.95. The molecule has 1 aromatic heterocycles. The van der Waals surface area contributed by atoms with Gasteiger partial charge in [0.2, 0.25) is 0 Å². The Morgan fingerprint density at radius 1 is 0.789 bits per heavy atom. The summed E-state index contributed by atoms with van der Waals surface area (Å²) in [6.07, 6.45) is 1.76. The minimum Gasteiger partial charge on any atom is -0.489 e. The van der Waals surface area contributed by atoms with Crippen LogP contribution in [0.25, 0.3) is 22.0 Å². The summed E-state index contributed by atoms with van der Waals surface area (Å²) in [7, 11) is 3.49. The Hall–Kier alpha value is -4.16. The molecule has 5 rings (SSSR count). The molecule has 0 saturated carbocycles. The summed E-state index contributed by atoms with van der Waals surface area (Å²) >= 11 is 3.45. The highest BCUT2D eigenvalue weighted by Gasteiger charge is 2.21. The van der Waals surface area contributed by atoms with Gasteiger partial charge in [-0.3, -0.25) is 9.78 Å². The van der Waals surface area contributed by atoms with Gasteiger partial charge in [0.25, 0.3) is 5.91 Å². The van der Waals surface area contributed by atoms with Crippen LogP contribution in [0, 0.1) is 0 Å². The molecule has 0 aliphatic heterocycles. The van der Waals surface area contributed by atoms with E-state index in [2.05, 4.69) is 20.9 Å². The summed E-state index contributed by atoms with van der Waals surface area (Å²) < 4.78 is 13.2. The molecule has 0 atom stereocenters. The maximum atomic E-state index is 13.3.